The number of anilines is 1. The molecule has 1 aromatic heterocycles. The number of thiophene rings is 1. The molecule has 1 aromatic carbocycles. The summed E-state index contributed by atoms with van der Waals surface area (Å²) < 4.78 is 10.7. The number of likely N-dealkylation sites (N-methyl/N-ethyl adjacent to an activating group) is 1. The van der Waals surface area contributed by atoms with Gasteiger partial charge in [0.25, 0.3) is 5.91 Å². The van der Waals surface area contributed by atoms with Crippen molar-refractivity contribution in [1.29, 1.82) is 5.26 Å². The van der Waals surface area contributed by atoms with Gasteiger partial charge in [-0.1, -0.05) is 12.1 Å². The highest BCUT2D eigenvalue weighted by Gasteiger charge is 2.23. The van der Waals surface area contributed by atoms with Gasteiger partial charge in [0.05, 0.1) is 12.7 Å². The zero-order valence-electron chi connectivity index (χ0n) is 14.2. The smallest absolute Gasteiger partial charge is 0.262 e. The van der Waals surface area contributed by atoms with Crippen molar-refractivity contribution in [2.75, 3.05) is 32.6 Å². The fraction of sp³-hybridized carbons (Fsp3) is 0.333. The summed E-state index contributed by atoms with van der Waals surface area (Å²) in [6.07, 6.45) is 0.832. The monoisotopic (exact) mass is 357 g/mol. The number of nitrogens with zero attached hydrogens (tertiary/aromatic N) is 2. The molecule has 1 aliphatic heterocycles. The molecule has 130 valence electrons. The van der Waals surface area contributed by atoms with Crippen LogP contribution in [0.4, 0.5) is 5.00 Å². The molecule has 2 heterocycles. The fourth-order valence-electron chi connectivity index (χ4n) is 2.78. The van der Waals surface area contributed by atoms with Crippen molar-refractivity contribution in [2.24, 2.45) is 0 Å². The van der Waals surface area contributed by atoms with E-state index in [9.17, 15) is 10.1 Å². The van der Waals surface area contributed by atoms with E-state index in [-0.39, 0.29) is 12.5 Å². The Morgan fingerprint density at radius 2 is 2.16 bits per heavy atom. The molecule has 0 saturated carbocycles. The van der Waals surface area contributed by atoms with Crippen molar-refractivity contribution < 1.29 is 14.3 Å². The van der Waals surface area contributed by atoms with Crippen molar-refractivity contribution in [2.45, 2.75) is 13.0 Å². The van der Waals surface area contributed by atoms with Gasteiger partial charge in [0.1, 0.15) is 11.1 Å². The molecule has 7 heteroatoms. The van der Waals surface area contributed by atoms with Crippen LogP contribution in [0.2, 0.25) is 0 Å². The average Bonchev–Trinajstić information content (AvgIpc) is 2.95. The molecule has 0 spiro atoms. The first-order valence-electron chi connectivity index (χ1n) is 7.91. The van der Waals surface area contributed by atoms with E-state index >= 15 is 0 Å². The molecule has 0 bridgehead atoms. The molecule has 1 aliphatic rings. The van der Waals surface area contributed by atoms with Crippen LogP contribution in [0.1, 0.15) is 16.0 Å². The number of carbonyl (C=O) groups excluding carboxylic acids is 1. The summed E-state index contributed by atoms with van der Waals surface area (Å²) >= 11 is 1.47. The quantitative estimate of drug-likeness (QED) is 0.890. The standard InChI is InChI=1S/C18H19N3O3S/c1-21-8-7-12-13(9-19)18(25-16(12)10-21)20-17(22)11-24-15-6-4-3-5-14(15)23-2/h3-6H,7-8,10-11H2,1-2H3,(H,20,22). The van der Waals surface area contributed by atoms with Gasteiger partial charge in [-0.3, -0.25) is 4.79 Å². The Bertz CT molecular complexity index is 825. The maximum atomic E-state index is 12.2. The van der Waals surface area contributed by atoms with Crippen molar-refractivity contribution in [1.82, 2.24) is 4.90 Å². The predicted octanol–water partition coefficient (Wildman–Crippen LogP) is 2.63. The number of ether oxygens (including phenoxy) is 2. The van der Waals surface area contributed by atoms with Crippen LogP contribution in [0.15, 0.2) is 24.3 Å². The number of benzene rings is 1. The highest BCUT2D eigenvalue weighted by atomic mass is 32.1. The van der Waals surface area contributed by atoms with Crippen LogP contribution in [-0.2, 0) is 17.8 Å². The van der Waals surface area contributed by atoms with E-state index in [0.717, 1.165) is 30.0 Å². The third-order valence-corrected chi connectivity index (χ3v) is 5.17. The van der Waals surface area contributed by atoms with E-state index in [0.29, 0.717) is 22.1 Å². The number of amides is 1. The number of hydrogen-bond acceptors (Lipinski definition) is 6. The van der Waals surface area contributed by atoms with E-state index in [1.54, 1.807) is 19.2 Å². The number of methoxy groups -OCH3 is 1. The van der Waals surface area contributed by atoms with Crippen molar-refractivity contribution >= 4 is 22.2 Å². The van der Waals surface area contributed by atoms with Gasteiger partial charge < -0.3 is 19.7 Å². The van der Waals surface area contributed by atoms with Crippen LogP contribution < -0.4 is 14.8 Å². The molecule has 1 amide bonds. The second-order valence-corrected chi connectivity index (χ2v) is 6.90. The Morgan fingerprint density at radius 3 is 2.88 bits per heavy atom. The first-order chi connectivity index (χ1) is 12.1. The SMILES string of the molecule is COc1ccccc1OCC(=O)Nc1sc2c(c1C#N)CCN(C)C2. The van der Waals surface area contributed by atoms with E-state index < -0.39 is 0 Å². The lowest BCUT2D eigenvalue weighted by Gasteiger charge is -2.21. The predicted molar refractivity (Wildman–Crippen MR) is 96.2 cm³/mol. The molecule has 1 N–H and O–H groups in total. The molecule has 25 heavy (non-hydrogen) atoms. The third-order valence-electron chi connectivity index (χ3n) is 4.04. The van der Waals surface area contributed by atoms with Gasteiger partial charge in [-0.2, -0.15) is 5.26 Å². The molecule has 3 rings (SSSR count). The zero-order valence-corrected chi connectivity index (χ0v) is 15.0. The lowest BCUT2D eigenvalue weighted by Crippen LogP contribution is -2.25. The van der Waals surface area contributed by atoms with Gasteiger partial charge in [-0.25, -0.2) is 0 Å². The van der Waals surface area contributed by atoms with E-state index in [4.69, 9.17) is 9.47 Å². The maximum Gasteiger partial charge on any atom is 0.262 e. The highest BCUT2D eigenvalue weighted by molar-refractivity contribution is 7.16. The Morgan fingerprint density at radius 1 is 1.40 bits per heavy atom. The summed E-state index contributed by atoms with van der Waals surface area (Å²) in [5.41, 5.74) is 1.64. The van der Waals surface area contributed by atoms with Gasteiger partial charge in [-0.05, 0) is 31.2 Å². The van der Waals surface area contributed by atoms with Gasteiger partial charge in [-0.15, -0.1) is 11.3 Å². The zero-order chi connectivity index (χ0) is 17.8. The number of nitriles is 1. The summed E-state index contributed by atoms with van der Waals surface area (Å²) in [6, 6.07) is 9.39. The minimum Gasteiger partial charge on any atom is -0.493 e. The Balaban J connectivity index is 1.68. The van der Waals surface area contributed by atoms with Crippen molar-refractivity contribution in [3.63, 3.8) is 0 Å². The summed E-state index contributed by atoms with van der Waals surface area (Å²) in [7, 11) is 3.60. The van der Waals surface area contributed by atoms with Crippen LogP contribution in [-0.4, -0.2) is 38.1 Å². The van der Waals surface area contributed by atoms with Gasteiger partial charge in [0.15, 0.2) is 18.1 Å². The van der Waals surface area contributed by atoms with Crippen molar-refractivity contribution in [3.05, 3.63) is 40.3 Å². The van der Waals surface area contributed by atoms with Crippen LogP contribution in [0, 0.1) is 11.3 Å². The average molecular weight is 357 g/mol. The number of fused-ring (bicyclic) bond motifs is 1. The first-order valence-corrected chi connectivity index (χ1v) is 8.73. The third kappa shape index (κ3) is 3.76. The van der Waals surface area contributed by atoms with Gasteiger partial charge >= 0.3 is 0 Å². The van der Waals surface area contributed by atoms with E-state index in [1.807, 2.05) is 19.2 Å². The molecular formula is C18H19N3O3S. The normalized spacial score (nSPS) is 13.6. The lowest BCUT2D eigenvalue weighted by molar-refractivity contribution is -0.118. The molecule has 0 unspecified atom stereocenters. The number of hydrogen-bond donors (Lipinski definition) is 1. The van der Waals surface area contributed by atoms with Crippen LogP contribution >= 0.6 is 11.3 Å². The second kappa shape index (κ2) is 7.55. The minimum absolute atomic E-state index is 0.145. The van der Waals surface area contributed by atoms with Gasteiger partial charge in [0, 0.05) is 18.0 Å². The van der Waals surface area contributed by atoms with E-state index in [1.165, 1.54) is 11.3 Å². The molecule has 0 radical (unpaired) electrons. The number of carbonyl (C=O) groups is 1. The van der Waals surface area contributed by atoms with Crippen molar-refractivity contribution in [3.8, 4) is 17.6 Å². The first kappa shape index (κ1) is 17.3. The van der Waals surface area contributed by atoms with Gasteiger partial charge in [0.2, 0.25) is 0 Å². The number of nitrogens with one attached hydrogen (secondary N) is 1. The molecule has 0 saturated heterocycles. The second-order valence-electron chi connectivity index (χ2n) is 5.80. The summed E-state index contributed by atoms with van der Waals surface area (Å²) in [5, 5.41) is 12.9. The largest absolute Gasteiger partial charge is 0.493 e. The van der Waals surface area contributed by atoms with E-state index in [2.05, 4.69) is 16.3 Å². The summed E-state index contributed by atoms with van der Waals surface area (Å²) in [4.78, 5) is 15.6. The summed E-state index contributed by atoms with van der Waals surface area (Å²) in [5.74, 6) is 0.782. The minimum atomic E-state index is -0.297. The number of rotatable bonds is 5. The molecule has 2 aromatic rings. The lowest BCUT2D eigenvalue weighted by atomic mass is 10.0. The highest BCUT2D eigenvalue weighted by Crippen LogP contribution is 2.36. The fourth-order valence-corrected chi connectivity index (χ4v) is 4.08. The number of para-hydroxylation sites is 2. The van der Waals surface area contributed by atoms with Crippen LogP contribution in [0.25, 0.3) is 0 Å². The van der Waals surface area contributed by atoms with Crippen LogP contribution in [0.3, 0.4) is 0 Å². The Kier molecular flexibility index (Phi) is 5.22. The topological polar surface area (TPSA) is 74.6 Å². The Hall–Kier alpha value is -2.56. The molecular weight excluding hydrogens is 338 g/mol. The molecule has 0 atom stereocenters. The molecule has 6 nitrogen and oxygen atoms in total. The maximum absolute atomic E-state index is 12.2. The molecule has 0 fully saturated rings. The molecule has 0 aliphatic carbocycles. The van der Waals surface area contributed by atoms with Crippen LogP contribution in [0.5, 0.6) is 11.5 Å². The Labute approximate surface area is 150 Å². The summed E-state index contributed by atoms with van der Waals surface area (Å²) in [6.45, 7) is 1.58.